The van der Waals surface area contributed by atoms with Crippen LogP contribution in [0.5, 0.6) is 0 Å². The third-order valence-electron chi connectivity index (χ3n) is 5.31. The Morgan fingerprint density at radius 1 is 1.32 bits per heavy atom. The number of esters is 1. The number of nitrogens with one attached hydrogen (secondary N) is 1. The fraction of sp³-hybridized carbons (Fsp3) is 0.571. The quantitative estimate of drug-likeness (QED) is 0.737. The highest BCUT2D eigenvalue weighted by molar-refractivity contribution is 5.76. The van der Waals surface area contributed by atoms with E-state index in [1.165, 1.54) is 0 Å². The second kappa shape index (κ2) is 8.73. The van der Waals surface area contributed by atoms with Crippen molar-refractivity contribution in [3.05, 3.63) is 34.6 Å². The molecule has 0 amide bonds. The highest BCUT2D eigenvalue weighted by Crippen LogP contribution is 2.24. The van der Waals surface area contributed by atoms with E-state index in [0.29, 0.717) is 25.5 Å². The molecule has 2 heterocycles. The number of rotatable bonds is 7. The van der Waals surface area contributed by atoms with Gasteiger partial charge < -0.3 is 19.5 Å². The summed E-state index contributed by atoms with van der Waals surface area (Å²) in [6, 6.07) is 7.74. The van der Waals surface area contributed by atoms with Crippen molar-refractivity contribution < 1.29 is 9.53 Å². The summed E-state index contributed by atoms with van der Waals surface area (Å²) in [5.74, 6) is 0.469. The number of ether oxygens (including phenoxy) is 1. The van der Waals surface area contributed by atoms with E-state index in [1.807, 2.05) is 45.0 Å². The third-order valence-corrected chi connectivity index (χ3v) is 5.31. The van der Waals surface area contributed by atoms with Crippen molar-refractivity contribution >= 4 is 22.8 Å². The molecule has 1 saturated heterocycles. The Morgan fingerprint density at radius 3 is 2.79 bits per heavy atom. The molecule has 0 bridgehead atoms. The second-order valence-corrected chi connectivity index (χ2v) is 7.74. The molecule has 0 saturated carbocycles. The minimum Gasteiger partial charge on any atom is -0.466 e. The first-order valence-electron chi connectivity index (χ1n) is 10.1. The molecule has 2 atom stereocenters. The van der Waals surface area contributed by atoms with E-state index in [-0.39, 0.29) is 29.4 Å². The van der Waals surface area contributed by atoms with Gasteiger partial charge in [-0.1, -0.05) is 19.1 Å². The van der Waals surface area contributed by atoms with E-state index in [9.17, 15) is 9.59 Å². The first kappa shape index (κ1) is 20.3. The lowest BCUT2D eigenvalue weighted by Crippen LogP contribution is -2.32. The number of anilines is 1. The van der Waals surface area contributed by atoms with Crippen LogP contribution in [0.2, 0.25) is 0 Å². The monoisotopic (exact) mass is 386 g/mol. The van der Waals surface area contributed by atoms with Gasteiger partial charge in [0, 0.05) is 32.2 Å². The van der Waals surface area contributed by atoms with Gasteiger partial charge in [-0.05, 0) is 38.8 Å². The maximum absolute atomic E-state index is 12.9. The van der Waals surface area contributed by atoms with Crippen molar-refractivity contribution in [3.8, 4) is 0 Å². The molecule has 2 unspecified atom stereocenters. The van der Waals surface area contributed by atoms with Gasteiger partial charge in [-0.15, -0.1) is 0 Å². The number of aromatic nitrogens is 2. The highest BCUT2D eigenvalue weighted by Gasteiger charge is 2.35. The van der Waals surface area contributed by atoms with Crippen LogP contribution in [0.25, 0.3) is 11.0 Å². The lowest BCUT2D eigenvalue weighted by atomic mass is 9.99. The normalized spacial score (nSPS) is 20.0. The summed E-state index contributed by atoms with van der Waals surface area (Å²) >= 11 is 0. The minimum atomic E-state index is -0.110. The van der Waals surface area contributed by atoms with E-state index in [0.717, 1.165) is 24.1 Å². The molecule has 3 rings (SSSR count). The summed E-state index contributed by atoms with van der Waals surface area (Å²) in [5.41, 5.74) is 1.54. The molecule has 152 valence electrons. The van der Waals surface area contributed by atoms with Crippen LogP contribution in [-0.4, -0.2) is 53.2 Å². The van der Waals surface area contributed by atoms with Gasteiger partial charge in [-0.3, -0.25) is 9.59 Å². The van der Waals surface area contributed by atoms with Gasteiger partial charge in [0.05, 0.1) is 23.6 Å². The summed E-state index contributed by atoms with van der Waals surface area (Å²) in [6.45, 7) is 11.2. The van der Waals surface area contributed by atoms with Gasteiger partial charge in [-0.25, -0.2) is 4.98 Å². The van der Waals surface area contributed by atoms with Gasteiger partial charge >= 0.3 is 5.97 Å². The number of likely N-dealkylation sites (tertiary alicyclic amines) is 1. The van der Waals surface area contributed by atoms with Crippen molar-refractivity contribution in [2.75, 3.05) is 38.1 Å². The number of carbonyl (C=O) groups excluding carboxylic acids is 1. The smallest absolute Gasteiger partial charge is 0.310 e. The fourth-order valence-corrected chi connectivity index (χ4v) is 3.92. The number of carbonyl (C=O) groups is 1. The van der Waals surface area contributed by atoms with E-state index in [1.54, 1.807) is 4.57 Å². The van der Waals surface area contributed by atoms with Crippen LogP contribution in [0.1, 0.15) is 33.7 Å². The topological polar surface area (TPSA) is 76.5 Å². The van der Waals surface area contributed by atoms with Crippen LogP contribution in [0, 0.1) is 11.8 Å². The molecule has 0 radical (unpaired) electrons. The van der Waals surface area contributed by atoms with Gasteiger partial charge in [-0.2, -0.15) is 0 Å². The Kier molecular flexibility index (Phi) is 6.34. The van der Waals surface area contributed by atoms with Crippen molar-refractivity contribution in [2.24, 2.45) is 11.8 Å². The molecule has 1 aliphatic heterocycles. The molecule has 28 heavy (non-hydrogen) atoms. The molecule has 1 fully saturated rings. The zero-order valence-electron chi connectivity index (χ0n) is 17.1. The van der Waals surface area contributed by atoms with Crippen LogP contribution in [-0.2, 0) is 9.53 Å². The second-order valence-electron chi connectivity index (χ2n) is 7.74. The molecule has 1 aromatic heterocycles. The molecule has 1 N–H and O–H groups in total. The molecule has 0 aliphatic carbocycles. The van der Waals surface area contributed by atoms with Crippen LogP contribution in [0.4, 0.5) is 5.82 Å². The SMILES string of the molecule is CCOC(=O)C1CN(CCNc2nc3ccccc3n(C(C)C)c2=O)CC1C. The maximum Gasteiger partial charge on any atom is 0.310 e. The molecule has 1 aliphatic rings. The Morgan fingerprint density at radius 2 is 2.07 bits per heavy atom. The molecule has 7 nitrogen and oxygen atoms in total. The zero-order chi connectivity index (χ0) is 20.3. The summed E-state index contributed by atoms with van der Waals surface area (Å²) < 4.78 is 6.95. The van der Waals surface area contributed by atoms with Crippen LogP contribution in [0.3, 0.4) is 0 Å². The molecule has 1 aromatic carbocycles. The Bertz CT molecular complexity index is 893. The molecular weight excluding hydrogens is 356 g/mol. The number of para-hydroxylation sites is 2. The number of fused-ring (bicyclic) bond motifs is 1. The summed E-state index contributed by atoms with van der Waals surface area (Å²) in [5, 5.41) is 3.21. The summed E-state index contributed by atoms with van der Waals surface area (Å²) in [7, 11) is 0. The lowest BCUT2D eigenvalue weighted by Gasteiger charge is -2.18. The van der Waals surface area contributed by atoms with E-state index in [4.69, 9.17) is 4.74 Å². The third kappa shape index (κ3) is 4.19. The van der Waals surface area contributed by atoms with E-state index >= 15 is 0 Å². The summed E-state index contributed by atoms with van der Waals surface area (Å²) in [6.07, 6.45) is 0. The summed E-state index contributed by atoms with van der Waals surface area (Å²) in [4.78, 5) is 31.7. The van der Waals surface area contributed by atoms with Gasteiger partial charge in [0.1, 0.15) is 0 Å². The first-order valence-corrected chi connectivity index (χ1v) is 10.1. The van der Waals surface area contributed by atoms with Gasteiger partial charge in [0.25, 0.3) is 5.56 Å². The Balaban J connectivity index is 1.67. The lowest BCUT2D eigenvalue weighted by molar-refractivity contribution is -0.148. The largest absolute Gasteiger partial charge is 0.466 e. The Labute approximate surface area is 165 Å². The molecule has 2 aromatic rings. The van der Waals surface area contributed by atoms with Gasteiger partial charge in [0.15, 0.2) is 5.82 Å². The van der Waals surface area contributed by atoms with E-state index in [2.05, 4.69) is 22.1 Å². The average Bonchev–Trinajstić information content (AvgIpc) is 3.02. The van der Waals surface area contributed by atoms with Crippen molar-refractivity contribution in [1.29, 1.82) is 0 Å². The molecular formula is C21H30N4O3. The number of hydrogen-bond donors (Lipinski definition) is 1. The Hall–Kier alpha value is -2.41. The maximum atomic E-state index is 12.9. The number of hydrogen-bond acceptors (Lipinski definition) is 6. The first-order chi connectivity index (χ1) is 13.4. The predicted octanol–water partition coefficient (Wildman–Crippen LogP) is 2.52. The minimum absolute atomic E-state index is 0.0470. The van der Waals surface area contributed by atoms with Crippen LogP contribution < -0.4 is 10.9 Å². The average molecular weight is 386 g/mol. The van der Waals surface area contributed by atoms with Crippen molar-refractivity contribution in [2.45, 2.75) is 33.7 Å². The highest BCUT2D eigenvalue weighted by atomic mass is 16.5. The zero-order valence-corrected chi connectivity index (χ0v) is 17.1. The van der Waals surface area contributed by atoms with Crippen LogP contribution >= 0.6 is 0 Å². The number of benzene rings is 1. The standard InChI is InChI=1S/C21H30N4O3/c1-5-28-21(27)16-13-24(12-15(16)4)11-10-22-19-20(26)25(14(2)3)18-9-7-6-8-17(18)23-19/h6-9,14-16H,5,10-13H2,1-4H3,(H,22,23). The van der Waals surface area contributed by atoms with Crippen molar-refractivity contribution in [1.82, 2.24) is 14.5 Å². The van der Waals surface area contributed by atoms with E-state index < -0.39 is 0 Å². The fourth-order valence-electron chi connectivity index (χ4n) is 3.92. The molecule has 7 heteroatoms. The van der Waals surface area contributed by atoms with Crippen molar-refractivity contribution in [3.63, 3.8) is 0 Å². The van der Waals surface area contributed by atoms with Crippen LogP contribution in [0.15, 0.2) is 29.1 Å². The molecule has 0 spiro atoms. The predicted molar refractivity (Wildman–Crippen MR) is 111 cm³/mol. The number of nitrogens with zero attached hydrogens (tertiary/aromatic N) is 3. The van der Waals surface area contributed by atoms with Gasteiger partial charge in [0.2, 0.25) is 0 Å².